The molecule has 10 heteroatoms. The zero-order valence-corrected chi connectivity index (χ0v) is 22.1. The van der Waals surface area contributed by atoms with Crippen molar-refractivity contribution in [2.75, 3.05) is 6.61 Å². The zero-order valence-electron chi connectivity index (χ0n) is 22.1. The molecular weight excluding hydrogens is 535 g/mol. The van der Waals surface area contributed by atoms with Gasteiger partial charge < -0.3 is 18.8 Å². The van der Waals surface area contributed by atoms with E-state index >= 15 is 0 Å². The first kappa shape index (κ1) is 27.7. The summed E-state index contributed by atoms with van der Waals surface area (Å²) in [6.45, 7) is 2.77. The number of ether oxygens (including phenoxy) is 3. The Kier molecular flexibility index (Phi) is 8.19. The first-order valence-electron chi connectivity index (χ1n) is 12.9. The zero-order chi connectivity index (χ0) is 28.8. The fourth-order valence-corrected chi connectivity index (χ4v) is 4.45. The van der Waals surface area contributed by atoms with Gasteiger partial charge in [-0.2, -0.15) is 0 Å². The normalized spacial score (nSPS) is 11.4. The van der Waals surface area contributed by atoms with Crippen molar-refractivity contribution in [2.24, 2.45) is 0 Å². The minimum Gasteiger partial charge on any atom is -0.489 e. The summed E-state index contributed by atoms with van der Waals surface area (Å²) in [7, 11) is 0. The highest BCUT2D eigenvalue weighted by molar-refractivity contribution is 5.81. The lowest BCUT2D eigenvalue weighted by Gasteiger charge is -2.15. The molecule has 0 saturated heterocycles. The van der Waals surface area contributed by atoms with Crippen LogP contribution < -0.4 is 9.47 Å². The highest BCUT2D eigenvalue weighted by atomic mass is 19.4. The number of alkyl halides is 3. The smallest absolute Gasteiger partial charge is 0.489 e. The van der Waals surface area contributed by atoms with Crippen LogP contribution in [0.5, 0.6) is 11.5 Å². The lowest BCUT2D eigenvalue weighted by atomic mass is 10.1. The van der Waals surface area contributed by atoms with Crippen LogP contribution in [0.1, 0.15) is 23.7 Å². The summed E-state index contributed by atoms with van der Waals surface area (Å²) in [5.74, 6) is 0.531. The van der Waals surface area contributed by atoms with Crippen molar-refractivity contribution in [1.29, 1.82) is 0 Å². The topological polar surface area (TPSA) is 75.5 Å². The van der Waals surface area contributed by atoms with Crippen LogP contribution in [0.2, 0.25) is 0 Å². The molecule has 7 nitrogen and oxygen atoms in total. The summed E-state index contributed by atoms with van der Waals surface area (Å²) in [5.41, 5.74) is 4.76. The van der Waals surface area contributed by atoms with Crippen molar-refractivity contribution in [2.45, 2.75) is 32.9 Å². The van der Waals surface area contributed by atoms with Crippen molar-refractivity contribution < 1.29 is 32.2 Å². The number of carbonyl (C=O) groups is 1. The molecule has 41 heavy (non-hydrogen) atoms. The number of hydrogen-bond acceptors (Lipinski definition) is 6. The molecule has 0 saturated carbocycles. The monoisotopic (exact) mass is 561 g/mol. The fraction of sp³-hybridized carbons (Fsp3) is 0.194. The number of aromatic nitrogens is 3. The molecule has 0 aliphatic heterocycles. The van der Waals surface area contributed by atoms with E-state index in [0.29, 0.717) is 36.0 Å². The first-order chi connectivity index (χ1) is 19.8. The number of halogens is 3. The number of pyridine rings is 1. The third-order valence-corrected chi connectivity index (χ3v) is 6.26. The van der Waals surface area contributed by atoms with Gasteiger partial charge >= 0.3 is 12.3 Å². The molecule has 0 radical (unpaired) electrons. The standard InChI is InChI=1S/C31H26F3N3O4/c1-2-39-29(38)18-24-17-26(15-16-35-24)40-20-23-8-4-3-7-22(23)19-37-28-10-6-5-9-27(28)36-30(37)21-11-13-25(14-12-21)41-31(32,33)34/h3-17H,2,18-20H2,1H3. The maximum absolute atomic E-state index is 12.6. The van der Waals surface area contributed by atoms with Gasteiger partial charge in [0.15, 0.2) is 0 Å². The number of carbonyl (C=O) groups excluding carboxylic acids is 1. The van der Waals surface area contributed by atoms with E-state index in [2.05, 4.69) is 9.72 Å². The van der Waals surface area contributed by atoms with Crippen molar-refractivity contribution in [3.8, 4) is 22.9 Å². The molecule has 0 unspecified atom stereocenters. The predicted octanol–water partition coefficient (Wildman–Crippen LogP) is 6.73. The van der Waals surface area contributed by atoms with Gasteiger partial charge in [-0.15, -0.1) is 13.2 Å². The molecule has 0 N–H and O–H groups in total. The number of para-hydroxylation sites is 2. The molecule has 210 valence electrons. The number of fused-ring (bicyclic) bond motifs is 1. The Balaban J connectivity index is 1.40. The average molecular weight is 562 g/mol. The number of nitrogens with zero attached hydrogens (tertiary/aromatic N) is 3. The molecule has 0 bridgehead atoms. The van der Waals surface area contributed by atoms with E-state index in [1.165, 1.54) is 12.1 Å². The second-order valence-electron chi connectivity index (χ2n) is 9.10. The van der Waals surface area contributed by atoms with Gasteiger partial charge in [0.2, 0.25) is 0 Å². The fourth-order valence-electron chi connectivity index (χ4n) is 4.45. The third-order valence-electron chi connectivity index (χ3n) is 6.26. The molecule has 5 aromatic rings. The number of esters is 1. The van der Waals surface area contributed by atoms with Crippen molar-refractivity contribution in [3.63, 3.8) is 0 Å². The van der Waals surface area contributed by atoms with Crippen LogP contribution in [-0.4, -0.2) is 33.5 Å². The molecular formula is C31H26F3N3O4. The molecule has 0 spiro atoms. The molecule has 3 aromatic carbocycles. The molecule has 2 heterocycles. The Morgan fingerprint density at radius 1 is 0.902 bits per heavy atom. The molecule has 2 aromatic heterocycles. The van der Waals surface area contributed by atoms with Crippen molar-refractivity contribution >= 4 is 17.0 Å². The van der Waals surface area contributed by atoms with Crippen LogP contribution in [0.3, 0.4) is 0 Å². The van der Waals surface area contributed by atoms with Crippen molar-refractivity contribution in [3.05, 3.63) is 108 Å². The van der Waals surface area contributed by atoms with E-state index in [1.807, 2.05) is 53.1 Å². The first-order valence-corrected chi connectivity index (χ1v) is 12.9. The van der Waals surface area contributed by atoms with E-state index in [4.69, 9.17) is 14.5 Å². The quantitative estimate of drug-likeness (QED) is 0.176. The summed E-state index contributed by atoms with van der Waals surface area (Å²) in [4.78, 5) is 20.8. The van der Waals surface area contributed by atoms with Crippen LogP contribution in [0.4, 0.5) is 13.2 Å². The number of rotatable bonds is 10. The lowest BCUT2D eigenvalue weighted by molar-refractivity contribution is -0.274. The summed E-state index contributed by atoms with van der Waals surface area (Å²) in [6.07, 6.45) is -3.12. The second-order valence-corrected chi connectivity index (χ2v) is 9.10. The summed E-state index contributed by atoms with van der Waals surface area (Å²) in [5, 5.41) is 0. The van der Waals surface area contributed by atoms with Gasteiger partial charge in [0.05, 0.1) is 36.3 Å². The Labute approximate surface area is 234 Å². The maximum Gasteiger partial charge on any atom is 0.573 e. The van der Waals surface area contributed by atoms with E-state index in [-0.39, 0.29) is 24.7 Å². The Hall–Kier alpha value is -4.86. The molecule has 0 fully saturated rings. The van der Waals surface area contributed by atoms with Crippen LogP contribution in [0.15, 0.2) is 91.1 Å². The van der Waals surface area contributed by atoms with E-state index in [0.717, 1.165) is 22.2 Å². The Morgan fingerprint density at radius 3 is 2.39 bits per heavy atom. The Bertz CT molecular complexity index is 1650. The largest absolute Gasteiger partial charge is 0.573 e. The summed E-state index contributed by atoms with van der Waals surface area (Å²) in [6, 6.07) is 24.6. The molecule has 0 atom stereocenters. The molecule has 0 aliphatic rings. The van der Waals surface area contributed by atoms with Gasteiger partial charge in [-0.05, 0) is 60.5 Å². The minimum atomic E-state index is -4.76. The van der Waals surface area contributed by atoms with E-state index < -0.39 is 6.36 Å². The number of imidazole rings is 1. The van der Waals surface area contributed by atoms with Crippen LogP contribution >= 0.6 is 0 Å². The Morgan fingerprint density at radius 2 is 1.63 bits per heavy atom. The average Bonchev–Trinajstić information content (AvgIpc) is 3.31. The molecule has 0 amide bonds. The summed E-state index contributed by atoms with van der Waals surface area (Å²) < 4.78 is 55.1. The SMILES string of the molecule is CCOC(=O)Cc1cc(OCc2ccccc2Cn2c(-c3ccc(OC(F)(F)F)cc3)nc3ccccc32)ccn1. The van der Waals surface area contributed by atoms with E-state index in [1.54, 1.807) is 37.4 Å². The number of benzene rings is 3. The highest BCUT2D eigenvalue weighted by Crippen LogP contribution is 2.30. The predicted molar refractivity (Wildman–Crippen MR) is 146 cm³/mol. The lowest BCUT2D eigenvalue weighted by Crippen LogP contribution is -2.17. The maximum atomic E-state index is 12.6. The third kappa shape index (κ3) is 7.02. The van der Waals surface area contributed by atoms with Gasteiger partial charge in [0.1, 0.15) is 23.9 Å². The highest BCUT2D eigenvalue weighted by Gasteiger charge is 2.31. The van der Waals surface area contributed by atoms with Gasteiger partial charge in [0, 0.05) is 17.8 Å². The van der Waals surface area contributed by atoms with Crippen LogP contribution in [0.25, 0.3) is 22.4 Å². The van der Waals surface area contributed by atoms with Gasteiger partial charge in [-0.1, -0.05) is 36.4 Å². The van der Waals surface area contributed by atoms with Crippen molar-refractivity contribution in [1.82, 2.24) is 14.5 Å². The summed E-state index contributed by atoms with van der Waals surface area (Å²) >= 11 is 0. The minimum absolute atomic E-state index is 0.0570. The second kappa shape index (κ2) is 12.1. The molecule has 0 aliphatic carbocycles. The van der Waals surface area contributed by atoms with Crippen LogP contribution in [-0.2, 0) is 29.1 Å². The van der Waals surface area contributed by atoms with Gasteiger partial charge in [-0.3, -0.25) is 9.78 Å². The molecule has 5 rings (SSSR count). The van der Waals surface area contributed by atoms with Gasteiger partial charge in [-0.25, -0.2) is 4.98 Å². The van der Waals surface area contributed by atoms with Gasteiger partial charge in [0.25, 0.3) is 0 Å². The number of hydrogen-bond donors (Lipinski definition) is 0. The van der Waals surface area contributed by atoms with E-state index in [9.17, 15) is 18.0 Å². The van der Waals surface area contributed by atoms with Crippen LogP contribution in [0, 0.1) is 0 Å².